The molecule has 0 unspecified atom stereocenters. The molecule has 0 bridgehead atoms. The summed E-state index contributed by atoms with van der Waals surface area (Å²) in [5.41, 5.74) is 9.18. The predicted octanol–water partition coefficient (Wildman–Crippen LogP) is 0.314. The Bertz CT molecular complexity index is 413. The molecule has 0 spiro atoms. The van der Waals surface area contributed by atoms with Gasteiger partial charge in [-0.2, -0.15) is 0 Å². The van der Waals surface area contributed by atoms with Crippen LogP contribution in [-0.2, 0) is 6.54 Å². The number of hydrogen-bond donors (Lipinski definition) is 3. The summed E-state index contributed by atoms with van der Waals surface area (Å²) in [4.78, 5) is 13.5. The molecule has 0 fully saturated rings. The lowest BCUT2D eigenvalue weighted by atomic mass is 10.3. The van der Waals surface area contributed by atoms with Crippen LogP contribution in [0.2, 0.25) is 0 Å². The van der Waals surface area contributed by atoms with Gasteiger partial charge in [0.05, 0.1) is 5.69 Å². The van der Waals surface area contributed by atoms with Gasteiger partial charge in [0.2, 0.25) is 5.43 Å². The summed E-state index contributed by atoms with van der Waals surface area (Å²) in [5.74, 6) is -0.905. The Morgan fingerprint density at radius 1 is 1.47 bits per heavy atom. The molecule has 5 N–H and O–H groups in total. The SMILES string of the molecule is NCc1[nH]cc(OC(F)(F)F)c(=O)c1N. The van der Waals surface area contributed by atoms with Gasteiger partial charge in [-0.15, -0.1) is 13.2 Å². The van der Waals surface area contributed by atoms with Gasteiger partial charge in [0, 0.05) is 12.7 Å². The van der Waals surface area contributed by atoms with Gasteiger partial charge < -0.3 is 21.2 Å². The van der Waals surface area contributed by atoms with Gasteiger partial charge in [-0.1, -0.05) is 0 Å². The molecule has 5 nitrogen and oxygen atoms in total. The average Bonchev–Trinajstić information content (AvgIpc) is 2.11. The number of H-pyrrole nitrogens is 1. The number of anilines is 1. The van der Waals surface area contributed by atoms with E-state index in [1.807, 2.05) is 0 Å². The lowest BCUT2D eigenvalue weighted by molar-refractivity contribution is -0.275. The zero-order valence-corrected chi connectivity index (χ0v) is 7.39. The first-order valence-corrected chi connectivity index (χ1v) is 3.81. The zero-order valence-electron chi connectivity index (χ0n) is 7.39. The van der Waals surface area contributed by atoms with Crippen molar-refractivity contribution in [1.82, 2.24) is 4.98 Å². The van der Waals surface area contributed by atoms with Crippen molar-refractivity contribution in [3.63, 3.8) is 0 Å². The molecule has 0 saturated carbocycles. The van der Waals surface area contributed by atoms with Crippen molar-refractivity contribution in [2.24, 2.45) is 5.73 Å². The number of nitrogens with one attached hydrogen (secondary N) is 1. The van der Waals surface area contributed by atoms with Crippen molar-refractivity contribution in [2.45, 2.75) is 12.9 Å². The van der Waals surface area contributed by atoms with Crippen LogP contribution in [0.4, 0.5) is 18.9 Å². The van der Waals surface area contributed by atoms with Gasteiger partial charge >= 0.3 is 6.36 Å². The molecule has 0 atom stereocenters. The highest BCUT2D eigenvalue weighted by Gasteiger charge is 2.32. The highest BCUT2D eigenvalue weighted by atomic mass is 19.4. The second-order valence-corrected chi connectivity index (χ2v) is 2.63. The van der Waals surface area contributed by atoms with E-state index in [1.165, 1.54) is 0 Å². The molecule has 0 saturated heterocycles. The molecular formula is C7H8F3N3O2. The molecule has 0 radical (unpaired) electrons. The van der Waals surface area contributed by atoms with Gasteiger partial charge in [0.15, 0.2) is 5.75 Å². The van der Waals surface area contributed by atoms with Crippen LogP contribution in [0.3, 0.4) is 0 Å². The Morgan fingerprint density at radius 2 is 2.07 bits per heavy atom. The second kappa shape index (κ2) is 3.81. The van der Waals surface area contributed by atoms with Crippen LogP contribution in [0.15, 0.2) is 11.0 Å². The monoisotopic (exact) mass is 223 g/mol. The second-order valence-electron chi connectivity index (χ2n) is 2.63. The standard InChI is InChI=1S/C7H8F3N3O2/c8-7(9,10)15-4-2-13-3(1-11)5(12)6(4)14/h2H,1,11-12H2,(H,13,14). The maximum atomic E-state index is 11.8. The third kappa shape index (κ3) is 2.62. The molecule has 15 heavy (non-hydrogen) atoms. The number of rotatable bonds is 2. The smallest absolute Gasteiger partial charge is 0.400 e. The van der Waals surface area contributed by atoms with Crippen molar-refractivity contribution < 1.29 is 17.9 Å². The van der Waals surface area contributed by atoms with E-state index < -0.39 is 17.5 Å². The number of nitrogen functional groups attached to an aromatic ring is 1. The number of hydrogen-bond acceptors (Lipinski definition) is 4. The summed E-state index contributed by atoms with van der Waals surface area (Å²) < 4.78 is 38.8. The van der Waals surface area contributed by atoms with Crippen LogP contribution >= 0.6 is 0 Å². The highest BCUT2D eigenvalue weighted by Crippen LogP contribution is 2.20. The first-order valence-electron chi connectivity index (χ1n) is 3.81. The molecule has 0 aliphatic rings. The number of nitrogens with two attached hydrogens (primary N) is 2. The number of aromatic amines is 1. The van der Waals surface area contributed by atoms with Crippen LogP contribution in [0, 0.1) is 0 Å². The molecule has 1 aromatic heterocycles. The Labute approximate surface area is 81.8 Å². The summed E-state index contributed by atoms with van der Waals surface area (Å²) in [6.45, 7) is -0.0760. The molecule has 0 aromatic carbocycles. The van der Waals surface area contributed by atoms with E-state index >= 15 is 0 Å². The van der Waals surface area contributed by atoms with Crippen molar-refractivity contribution in [2.75, 3.05) is 5.73 Å². The number of aromatic nitrogens is 1. The van der Waals surface area contributed by atoms with Gasteiger partial charge in [-0.05, 0) is 0 Å². The van der Waals surface area contributed by atoms with E-state index in [0.29, 0.717) is 0 Å². The topological polar surface area (TPSA) is 94.1 Å². The molecule has 0 aliphatic heterocycles. The van der Waals surface area contributed by atoms with E-state index in [4.69, 9.17) is 11.5 Å². The molecular weight excluding hydrogens is 215 g/mol. The normalized spacial score (nSPS) is 11.5. The third-order valence-electron chi connectivity index (χ3n) is 1.60. The third-order valence-corrected chi connectivity index (χ3v) is 1.60. The predicted molar refractivity (Wildman–Crippen MR) is 46.0 cm³/mol. The lowest BCUT2D eigenvalue weighted by Gasteiger charge is -2.09. The number of halogens is 3. The van der Waals surface area contributed by atoms with E-state index in [-0.39, 0.29) is 17.9 Å². The molecule has 0 amide bonds. The fourth-order valence-electron chi connectivity index (χ4n) is 0.935. The van der Waals surface area contributed by atoms with Crippen LogP contribution in [-0.4, -0.2) is 11.3 Å². The van der Waals surface area contributed by atoms with Gasteiger partial charge in [-0.25, -0.2) is 0 Å². The summed E-state index contributed by atoms with van der Waals surface area (Å²) >= 11 is 0. The molecule has 0 aliphatic carbocycles. The number of pyridine rings is 1. The minimum atomic E-state index is -4.93. The van der Waals surface area contributed by atoms with Gasteiger partial charge in [-0.3, -0.25) is 4.79 Å². The molecule has 1 rings (SSSR count). The Hall–Kier alpha value is -1.70. The van der Waals surface area contributed by atoms with E-state index in [2.05, 4.69) is 9.72 Å². The summed E-state index contributed by atoms with van der Waals surface area (Å²) in [7, 11) is 0. The van der Waals surface area contributed by atoms with E-state index in [1.54, 1.807) is 0 Å². The number of ether oxygens (including phenoxy) is 1. The fourth-order valence-corrected chi connectivity index (χ4v) is 0.935. The molecule has 1 heterocycles. The molecule has 84 valence electrons. The van der Waals surface area contributed by atoms with Crippen molar-refractivity contribution in [3.05, 3.63) is 22.1 Å². The van der Waals surface area contributed by atoms with Crippen LogP contribution in [0.1, 0.15) is 5.69 Å². The maximum absolute atomic E-state index is 11.8. The first kappa shape index (κ1) is 11.4. The van der Waals surface area contributed by atoms with Crippen molar-refractivity contribution >= 4 is 5.69 Å². The van der Waals surface area contributed by atoms with Crippen LogP contribution < -0.4 is 21.6 Å². The lowest BCUT2D eigenvalue weighted by Crippen LogP contribution is -2.24. The summed E-state index contributed by atoms with van der Waals surface area (Å²) in [6, 6.07) is 0. The first-order chi connectivity index (χ1) is 6.85. The van der Waals surface area contributed by atoms with Crippen molar-refractivity contribution in [3.8, 4) is 5.75 Å². The Balaban J connectivity index is 3.13. The van der Waals surface area contributed by atoms with Gasteiger partial charge in [0.25, 0.3) is 0 Å². The highest BCUT2D eigenvalue weighted by molar-refractivity contribution is 5.46. The quantitative estimate of drug-likeness (QED) is 0.672. The zero-order chi connectivity index (χ0) is 11.6. The molecule has 1 aromatic rings. The Kier molecular flexibility index (Phi) is 2.89. The van der Waals surface area contributed by atoms with Crippen LogP contribution in [0.25, 0.3) is 0 Å². The molecule has 8 heteroatoms. The minimum Gasteiger partial charge on any atom is -0.400 e. The summed E-state index contributed by atoms with van der Waals surface area (Å²) in [6.07, 6.45) is -4.15. The van der Waals surface area contributed by atoms with Crippen molar-refractivity contribution in [1.29, 1.82) is 0 Å². The van der Waals surface area contributed by atoms with E-state index in [9.17, 15) is 18.0 Å². The number of alkyl halides is 3. The van der Waals surface area contributed by atoms with Crippen LogP contribution in [0.5, 0.6) is 5.75 Å². The Morgan fingerprint density at radius 3 is 2.53 bits per heavy atom. The largest absolute Gasteiger partial charge is 0.573 e. The maximum Gasteiger partial charge on any atom is 0.573 e. The minimum absolute atomic E-state index is 0.0760. The summed E-state index contributed by atoms with van der Waals surface area (Å²) in [5, 5.41) is 0. The van der Waals surface area contributed by atoms with Gasteiger partial charge in [0.1, 0.15) is 5.69 Å². The van der Waals surface area contributed by atoms with E-state index in [0.717, 1.165) is 6.20 Å². The fraction of sp³-hybridized carbons (Fsp3) is 0.286. The average molecular weight is 223 g/mol.